The number of carbonyl (C=O) groups is 2. The van der Waals surface area contributed by atoms with Crippen LogP contribution in [-0.2, 0) is 0 Å². The highest BCUT2D eigenvalue weighted by atomic mass is 16.5. The minimum absolute atomic E-state index is 0.101. The average Bonchev–Trinajstić information content (AvgIpc) is 3.16. The van der Waals surface area contributed by atoms with Gasteiger partial charge in [-0.2, -0.15) is 0 Å². The minimum atomic E-state index is 0.101. The highest BCUT2D eigenvalue weighted by molar-refractivity contribution is 5.96. The van der Waals surface area contributed by atoms with Crippen LogP contribution in [0.4, 0.5) is 0 Å². The Morgan fingerprint density at radius 2 is 1.62 bits per heavy atom. The van der Waals surface area contributed by atoms with E-state index in [0.717, 1.165) is 32.0 Å². The molecule has 0 atom stereocenters. The quantitative estimate of drug-likeness (QED) is 0.760. The molecule has 0 saturated heterocycles. The molecule has 2 aliphatic carbocycles. The van der Waals surface area contributed by atoms with Gasteiger partial charge in [-0.15, -0.1) is 0 Å². The molecule has 24 heavy (non-hydrogen) atoms. The third-order valence-corrected chi connectivity index (χ3v) is 5.53. The molecule has 0 unspecified atom stereocenters. The normalized spacial score (nSPS) is 19.2. The van der Waals surface area contributed by atoms with E-state index in [4.69, 9.17) is 4.74 Å². The molecule has 0 aromatic heterocycles. The molecule has 2 saturated carbocycles. The van der Waals surface area contributed by atoms with Gasteiger partial charge in [-0.3, -0.25) is 9.59 Å². The summed E-state index contributed by atoms with van der Waals surface area (Å²) in [5.41, 5.74) is 1.12. The molecule has 0 spiro atoms. The van der Waals surface area contributed by atoms with Crippen LogP contribution >= 0.6 is 0 Å². The molecular weight excluding hydrogens is 302 g/mol. The second-order valence-corrected chi connectivity index (χ2v) is 7.02. The Kier molecular flexibility index (Phi) is 5.54. The largest absolute Gasteiger partial charge is 0.496 e. The van der Waals surface area contributed by atoms with Crippen molar-refractivity contribution in [1.82, 2.24) is 4.90 Å². The van der Waals surface area contributed by atoms with Gasteiger partial charge < -0.3 is 9.64 Å². The van der Waals surface area contributed by atoms with Crippen LogP contribution in [0, 0.1) is 0 Å². The molecule has 2 fully saturated rings. The van der Waals surface area contributed by atoms with Gasteiger partial charge in [0.2, 0.25) is 0 Å². The van der Waals surface area contributed by atoms with Crippen LogP contribution in [0.25, 0.3) is 0 Å². The van der Waals surface area contributed by atoms with Crippen LogP contribution in [0.2, 0.25) is 0 Å². The van der Waals surface area contributed by atoms with Gasteiger partial charge >= 0.3 is 0 Å². The fourth-order valence-electron chi connectivity index (χ4n) is 4.26. The fourth-order valence-corrected chi connectivity index (χ4v) is 4.26. The first-order valence-corrected chi connectivity index (χ1v) is 9.20. The number of methoxy groups -OCH3 is 1. The van der Waals surface area contributed by atoms with Gasteiger partial charge in [0.25, 0.3) is 5.91 Å². The SMILES string of the molecule is COc1cc(C(=O)N(C2CCCCC2)C2CCCC2)ccc1C=O. The summed E-state index contributed by atoms with van der Waals surface area (Å²) in [6.45, 7) is 0. The van der Waals surface area contributed by atoms with Crippen molar-refractivity contribution in [2.45, 2.75) is 69.9 Å². The summed E-state index contributed by atoms with van der Waals surface area (Å²) in [5.74, 6) is 0.579. The van der Waals surface area contributed by atoms with Gasteiger partial charge in [0.15, 0.2) is 6.29 Å². The van der Waals surface area contributed by atoms with E-state index in [1.807, 2.05) is 0 Å². The lowest BCUT2D eigenvalue weighted by Crippen LogP contribution is -2.47. The van der Waals surface area contributed by atoms with Crippen molar-refractivity contribution in [3.05, 3.63) is 29.3 Å². The van der Waals surface area contributed by atoms with E-state index >= 15 is 0 Å². The summed E-state index contributed by atoms with van der Waals surface area (Å²) in [6.07, 6.45) is 11.4. The smallest absolute Gasteiger partial charge is 0.254 e. The van der Waals surface area contributed by atoms with Gasteiger partial charge in [-0.05, 0) is 43.9 Å². The van der Waals surface area contributed by atoms with Crippen LogP contribution in [0.3, 0.4) is 0 Å². The Hall–Kier alpha value is -1.84. The van der Waals surface area contributed by atoms with Crippen molar-refractivity contribution in [1.29, 1.82) is 0 Å². The lowest BCUT2D eigenvalue weighted by Gasteiger charge is -2.39. The zero-order chi connectivity index (χ0) is 16.9. The Bertz CT molecular complexity index is 587. The van der Waals surface area contributed by atoms with Gasteiger partial charge in [-0.1, -0.05) is 32.1 Å². The van der Waals surface area contributed by atoms with E-state index in [1.165, 1.54) is 39.2 Å². The zero-order valence-corrected chi connectivity index (χ0v) is 14.5. The average molecular weight is 329 g/mol. The molecule has 0 heterocycles. The standard InChI is InChI=1S/C20H27NO3/c1-24-19-13-15(11-12-16(19)14-22)20(23)21(18-9-5-6-10-18)17-7-3-2-4-8-17/h11-14,17-18H,2-10H2,1H3. The number of carbonyl (C=O) groups excluding carboxylic acids is 2. The van der Waals surface area contributed by atoms with Crippen LogP contribution in [0.1, 0.15) is 78.5 Å². The number of hydrogen-bond acceptors (Lipinski definition) is 3. The Labute approximate surface area is 144 Å². The topological polar surface area (TPSA) is 46.6 Å². The van der Waals surface area contributed by atoms with E-state index in [1.54, 1.807) is 18.2 Å². The Morgan fingerprint density at radius 3 is 2.17 bits per heavy atom. The van der Waals surface area contributed by atoms with E-state index < -0.39 is 0 Å². The monoisotopic (exact) mass is 329 g/mol. The molecule has 4 nitrogen and oxygen atoms in total. The summed E-state index contributed by atoms with van der Waals surface area (Å²) in [4.78, 5) is 26.5. The molecule has 2 aliphatic rings. The molecule has 0 N–H and O–H groups in total. The number of aldehydes is 1. The number of rotatable bonds is 5. The van der Waals surface area contributed by atoms with Gasteiger partial charge in [0.1, 0.15) is 5.75 Å². The molecule has 130 valence electrons. The first-order chi connectivity index (χ1) is 11.7. The molecule has 0 radical (unpaired) electrons. The predicted octanol–water partition coefficient (Wildman–Crippen LogP) is 4.23. The second kappa shape index (κ2) is 7.82. The van der Waals surface area contributed by atoms with Crippen LogP contribution in [-0.4, -0.2) is 36.3 Å². The molecule has 4 heteroatoms. The third-order valence-electron chi connectivity index (χ3n) is 5.53. The minimum Gasteiger partial charge on any atom is -0.496 e. The van der Waals surface area contributed by atoms with Crippen molar-refractivity contribution < 1.29 is 14.3 Å². The zero-order valence-electron chi connectivity index (χ0n) is 14.5. The van der Waals surface area contributed by atoms with Gasteiger partial charge in [0.05, 0.1) is 12.7 Å². The molecule has 1 aromatic rings. The predicted molar refractivity (Wildman–Crippen MR) is 93.7 cm³/mol. The number of benzene rings is 1. The molecule has 1 amide bonds. The van der Waals surface area contributed by atoms with Crippen LogP contribution in [0.5, 0.6) is 5.75 Å². The summed E-state index contributed by atoms with van der Waals surface area (Å²) in [6, 6.07) is 5.91. The van der Waals surface area contributed by atoms with Crippen molar-refractivity contribution >= 4 is 12.2 Å². The van der Waals surface area contributed by atoms with Crippen molar-refractivity contribution in [3.63, 3.8) is 0 Å². The summed E-state index contributed by atoms with van der Waals surface area (Å²) < 4.78 is 5.28. The maximum Gasteiger partial charge on any atom is 0.254 e. The number of hydrogen-bond donors (Lipinski definition) is 0. The van der Waals surface area contributed by atoms with E-state index in [0.29, 0.717) is 29.0 Å². The van der Waals surface area contributed by atoms with E-state index in [-0.39, 0.29) is 5.91 Å². The molecule has 1 aromatic carbocycles. The highest BCUT2D eigenvalue weighted by Crippen LogP contribution is 2.32. The van der Waals surface area contributed by atoms with Crippen molar-refractivity contribution in [3.8, 4) is 5.75 Å². The fraction of sp³-hybridized carbons (Fsp3) is 0.600. The molecule has 3 rings (SSSR count). The number of amides is 1. The van der Waals surface area contributed by atoms with Crippen molar-refractivity contribution in [2.24, 2.45) is 0 Å². The first kappa shape index (κ1) is 17.0. The lowest BCUT2D eigenvalue weighted by atomic mass is 9.92. The highest BCUT2D eigenvalue weighted by Gasteiger charge is 2.33. The van der Waals surface area contributed by atoms with E-state index in [2.05, 4.69) is 4.90 Å². The van der Waals surface area contributed by atoms with Crippen LogP contribution < -0.4 is 4.74 Å². The maximum atomic E-state index is 13.3. The number of ether oxygens (including phenoxy) is 1. The number of nitrogens with zero attached hydrogens (tertiary/aromatic N) is 1. The first-order valence-electron chi connectivity index (χ1n) is 9.20. The molecular formula is C20H27NO3. The summed E-state index contributed by atoms with van der Waals surface area (Å²) in [5, 5.41) is 0. The summed E-state index contributed by atoms with van der Waals surface area (Å²) in [7, 11) is 1.53. The third kappa shape index (κ3) is 3.47. The lowest BCUT2D eigenvalue weighted by molar-refractivity contribution is 0.0517. The Morgan fingerprint density at radius 1 is 1.04 bits per heavy atom. The summed E-state index contributed by atoms with van der Waals surface area (Å²) >= 11 is 0. The Balaban J connectivity index is 1.88. The molecule has 0 aliphatic heterocycles. The van der Waals surface area contributed by atoms with Crippen LogP contribution in [0.15, 0.2) is 18.2 Å². The van der Waals surface area contributed by atoms with Crippen molar-refractivity contribution in [2.75, 3.05) is 7.11 Å². The van der Waals surface area contributed by atoms with Gasteiger partial charge in [-0.25, -0.2) is 0 Å². The van der Waals surface area contributed by atoms with E-state index in [9.17, 15) is 9.59 Å². The molecule has 0 bridgehead atoms. The second-order valence-electron chi connectivity index (χ2n) is 7.02. The maximum absolute atomic E-state index is 13.3. The van der Waals surface area contributed by atoms with Gasteiger partial charge in [0, 0.05) is 17.6 Å².